The van der Waals surface area contributed by atoms with Gasteiger partial charge in [0.25, 0.3) is 0 Å². The first kappa shape index (κ1) is 8.57. The average Bonchev–Trinajstić information content (AvgIpc) is 2.47. The van der Waals surface area contributed by atoms with E-state index in [0.717, 1.165) is 5.69 Å². The van der Waals surface area contributed by atoms with Crippen molar-refractivity contribution in [3.8, 4) is 0 Å². The van der Waals surface area contributed by atoms with Gasteiger partial charge in [0.2, 0.25) is 0 Å². The number of benzene rings is 1. The average molecular weight is 176 g/mol. The summed E-state index contributed by atoms with van der Waals surface area (Å²) < 4.78 is 0. The summed E-state index contributed by atoms with van der Waals surface area (Å²) in [5, 5.41) is 3.32. The molecule has 13 heavy (non-hydrogen) atoms. The third-order valence-electron chi connectivity index (χ3n) is 2.94. The van der Waals surface area contributed by atoms with Crippen LogP contribution in [0.3, 0.4) is 0 Å². The number of fused-ring (bicyclic) bond motifs is 1. The standard InChI is InChI=1S/C11H16N2/c1-7-5-8(12)6-10-9(7)3-4-11(10)13-2/h5-6,11,13H,3-4,12H2,1-2H3. The van der Waals surface area contributed by atoms with Crippen molar-refractivity contribution in [2.24, 2.45) is 0 Å². The molecule has 0 bridgehead atoms. The van der Waals surface area contributed by atoms with E-state index >= 15 is 0 Å². The Labute approximate surface area is 79.1 Å². The smallest absolute Gasteiger partial charge is 0.0324 e. The maximum absolute atomic E-state index is 5.82. The van der Waals surface area contributed by atoms with Crippen LogP contribution >= 0.6 is 0 Å². The first-order valence-electron chi connectivity index (χ1n) is 4.78. The molecule has 1 aliphatic carbocycles. The molecule has 0 fully saturated rings. The fourth-order valence-electron chi connectivity index (χ4n) is 2.27. The summed E-state index contributed by atoms with van der Waals surface area (Å²) in [6, 6.07) is 4.69. The summed E-state index contributed by atoms with van der Waals surface area (Å²) in [4.78, 5) is 0. The van der Waals surface area contributed by atoms with Crippen molar-refractivity contribution in [2.45, 2.75) is 25.8 Å². The highest BCUT2D eigenvalue weighted by Crippen LogP contribution is 2.34. The summed E-state index contributed by atoms with van der Waals surface area (Å²) in [7, 11) is 2.01. The molecule has 0 spiro atoms. The second kappa shape index (κ2) is 3.04. The Hall–Kier alpha value is -1.02. The van der Waals surface area contributed by atoms with Crippen LogP contribution in [0.4, 0.5) is 5.69 Å². The Kier molecular flexibility index (Phi) is 2.00. The molecule has 1 atom stereocenters. The minimum atomic E-state index is 0.511. The van der Waals surface area contributed by atoms with Crippen molar-refractivity contribution in [1.29, 1.82) is 0 Å². The Bertz CT molecular complexity index is 331. The zero-order valence-electron chi connectivity index (χ0n) is 8.22. The van der Waals surface area contributed by atoms with E-state index < -0.39 is 0 Å². The van der Waals surface area contributed by atoms with Gasteiger partial charge in [-0.05, 0) is 55.6 Å². The molecule has 1 aliphatic rings. The van der Waals surface area contributed by atoms with Gasteiger partial charge in [0.05, 0.1) is 0 Å². The van der Waals surface area contributed by atoms with Crippen LogP contribution in [0.2, 0.25) is 0 Å². The molecule has 3 N–H and O–H groups in total. The third kappa shape index (κ3) is 1.31. The molecule has 0 heterocycles. The summed E-state index contributed by atoms with van der Waals surface area (Å²) in [6.07, 6.45) is 2.39. The Morgan fingerprint density at radius 2 is 2.23 bits per heavy atom. The van der Waals surface area contributed by atoms with E-state index in [-0.39, 0.29) is 0 Å². The number of nitrogens with two attached hydrogens (primary N) is 1. The fraction of sp³-hybridized carbons (Fsp3) is 0.455. The van der Waals surface area contributed by atoms with Gasteiger partial charge in [-0.1, -0.05) is 0 Å². The van der Waals surface area contributed by atoms with Gasteiger partial charge in [-0.3, -0.25) is 0 Å². The van der Waals surface area contributed by atoms with Crippen LogP contribution < -0.4 is 11.1 Å². The fourth-order valence-corrected chi connectivity index (χ4v) is 2.27. The predicted octanol–water partition coefficient (Wildman–Crippen LogP) is 1.78. The Morgan fingerprint density at radius 3 is 2.92 bits per heavy atom. The monoisotopic (exact) mass is 176 g/mol. The first-order chi connectivity index (χ1) is 6.22. The van der Waals surface area contributed by atoms with Crippen molar-refractivity contribution >= 4 is 5.69 Å². The molecule has 1 aromatic rings. The van der Waals surface area contributed by atoms with E-state index in [1.165, 1.54) is 29.5 Å². The lowest BCUT2D eigenvalue weighted by Crippen LogP contribution is -2.13. The lowest BCUT2D eigenvalue weighted by molar-refractivity contribution is 0.590. The number of aryl methyl sites for hydroxylation is 1. The van der Waals surface area contributed by atoms with E-state index in [2.05, 4.69) is 24.4 Å². The van der Waals surface area contributed by atoms with Crippen LogP contribution in [0.1, 0.15) is 29.2 Å². The molecular formula is C11H16N2. The molecular weight excluding hydrogens is 160 g/mol. The largest absolute Gasteiger partial charge is 0.399 e. The molecule has 1 unspecified atom stereocenters. The van der Waals surface area contributed by atoms with E-state index in [9.17, 15) is 0 Å². The van der Waals surface area contributed by atoms with Crippen LogP contribution in [0.5, 0.6) is 0 Å². The molecule has 2 nitrogen and oxygen atoms in total. The zero-order chi connectivity index (χ0) is 9.42. The van der Waals surface area contributed by atoms with Gasteiger partial charge in [-0.2, -0.15) is 0 Å². The second-order valence-electron chi connectivity index (χ2n) is 3.79. The van der Waals surface area contributed by atoms with Crippen molar-refractivity contribution in [1.82, 2.24) is 5.32 Å². The Morgan fingerprint density at radius 1 is 1.46 bits per heavy atom. The topological polar surface area (TPSA) is 38.0 Å². The van der Waals surface area contributed by atoms with Crippen LogP contribution in [-0.2, 0) is 6.42 Å². The molecule has 2 heteroatoms. The summed E-state index contributed by atoms with van der Waals surface area (Å²) in [5.74, 6) is 0. The van der Waals surface area contributed by atoms with Crippen LogP contribution in [0.15, 0.2) is 12.1 Å². The number of nitrogen functional groups attached to an aromatic ring is 1. The summed E-state index contributed by atoms with van der Waals surface area (Å²) >= 11 is 0. The number of rotatable bonds is 1. The Balaban J connectivity index is 2.51. The van der Waals surface area contributed by atoms with Crippen LogP contribution in [-0.4, -0.2) is 7.05 Å². The minimum absolute atomic E-state index is 0.511. The molecule has 0 amide bonds. The van der Waals surface area contributed by atoms with Gasteiger partial charge in [0, 0.05) is 11.7 Å². The van der Waals surface area contributed by atoms with Crippen molar-refractivity contribution in [3.05, 3.63) is 28.8 Å². The summed E-state index contributed by atoms with van der Waals surface area (Å²) in [6.45, 7) is 2.15. The normalized spacial score (nSPS) is 20.3. The lowest BCUT2D eigenvalue weighted by Gasteiger charge is -2.11. The van der Waals surface area contributed by atoms with Gasteiger partial charge in [-0.15, -0.1) is 0 Å². The number of nitrogens with one attached hydrogen (secondary N) is 1. The van der Waals surface area contributed by atoms with Crippen LogP contribution in [0, 0.1) is 6.92 Å². The number of anilines is 1. The second-order valence-corrected chi connectivity index (χ2v) is 3.79. The van der Waals surface area contributed by atoms with Gasteiger partial charge >= 0.3 is 0 Å². The van der Waals surface area contributed by atoms with Gasteiger partial charge in [0.15, 0.2) is 0 Å². The SMILES string of the molecule is CNC1CCc2c(C)cc(N)cc21. The molecule has 0 saturated heterocycles. The molecule has 1 aromatic carbocycles. The highest BCUT2D eigenvalue weighted by molar-refractivity contribution is 5.52. The van der Waals surface area contributed by atoms with Crippen LogP contribution in [0.25, 0.3) is 0 Å². The van der Waals surface area contributed by atoms with E-state index in [0.29, 0.717) is 6.04 Å². The molecule has 0 aromatic heterocycles. The van der Waals surface area contributed by atoms with E-state index in [4.69, 9.17) is 5.73 Å². The summed E-state index contributed by atoms with van der Waals surface area (Å²) in [5.41, 5.74) is 10.9. The maximum Gasteiger partial charge on any atom is 0.0324 e. The molecule has 0 radical (unpaired) electrons. The number of hydrogen-bond donors (Lipinski definition) is 2. The molecule has 0 saturated carbocycles. The molecule has 0 aliphatic heterocycles. The highest BCUT2D eigenvalue weighted by atomic mass is 14.9. The van der Waals surface area contributed by atoms with Gasteiger partial charge < -0.3 is 11.1 Å². The predicted molar refractivity (Wildman–Crippen MR) is 55.7 cm³/mol. The van der Waals surface area contributed by atoms with E-state index in [1.54, 1.807) is 0 Å². The zero-order valence-corrected chi connectivity index (χ0v) is 8.22. The highest BCUT2D eigenvalue weighted by Gasteiger charge is 2.22. The quantitative estimate of drug-likeness (QED) is 0.640. The van der Waals surface area contributed by atoms with Crippen molar-refractivity contribution < 1.29 is 0 Å². The molecule has 70 valence electrons. The third-order valence-corrected chi connectivity index (χ3v) is 2.94. The maximum atomic E-state index is 5.82. The van der Waals surface area contributed by atoms with Crippen molar-refractivity contribution in [2.75, 3.05) is 12.8 Å². The van der Waals surface area contributed by atoms with E-state index in [1.807, 2.05) is 7.05 Å². The van der Waals surface area contributed by atoms with Crippen molar-refractivity contribution in [3.63, 3.8) is 0 Å². The molecule has 2 rings (SSSR count). The minimum Gasteiger partial charge on any atom is -0.399 e. The number of hydrogen-bond acceptors (Lipinski definition) is 2. The lowest BCUT2D eigenvalue weighted by atomic mass is 10.0. The van der Waals surface area contributed by atoms with Gasteiger partial charge in [-0.25, -0.2) is 0 Å². The van der Waals surface area contributed by atoms with Gasteiger partial charge in [0.1, 0.15) is 0 Å². The first-order valence-corrected chi connectivity index (χ1v) is 4.78.